The zero-order valence-corrected chi connectivity index (χ0v) is 17.2. The van der Waals surface area contributed by atoms with Crippen molar-refractivity contribution in [1.82, 2.24) is 4.90 Å². The molecule has 6 heteroatoms. The molecule has 0 saturated heterocycles. The van der Waals surface area contributed by atoms with Crippen molar-refractivity contribution in [3.8, 4) is 5.75 Å². The molecule has 1 amide bonds. The Labute approximate surface area is 184 Å². The number of aliphatic hydroxyl groups is 1. The lowest BCUT2D eigenvalue weighted by Crippen LogP contribution is -2.32. The second kappa shape index (κ2) is 8.32. The van der Waals surface area contributed by atoms with E-state index in [0.717, 1.165) is 11.1 Å². The van der Waals surface area contributed by atoms with Crippen molar-refractivity contribution in [2.75, 3.05) is 13.2 Å². The lowest BCUT2D eigenvalue weighted by atomic mass is 9.98. The molecule has 0 spiro atoms. The molecule has 6 nitrogen and oxygen atoms in total. The average Bonchev–Trinajstić information content (AvgIpc) is 3.11. The van der Waals surface area contributed by atoms with Gasteiger partial charge < -0.3 is 19.2 Å². The van der Waals surface area contributed by atoms with Crippen molar-refractivity contribution in [2.24, 2.45) is 0 Å². The third-order valence-electron chi connectivity index (χ3n) is 5.64. The predicted octanol–water partition coefficient (Wildman–Crippen LogP) is 3.91. The summed E-state index contributed by atoms with van der Waals surface area (Å²) in [5.74, 6) is 0.252. The van der Waals surface area contributed by atoms with Gasteiger partial charge in [0.2, 0.25) is 5.76 Å². The van der Waals surface area contributed by atoms with Gasteiger partial charge in [0, 0.05) is 6.54 Å². The Balaban J connectivity index is 1.57. The zero-order valence-electron chi connectivity index (χ0n) is 17.2. The van der Waals surface area contributed by atoms with E-state index in [4.69, 9.17) is 9.15 Å². The normalized spacial score (nSPS) is 15.2. The molecule has 1 aromatic heterocycles. The molecule has 1 aliphatic heterocycles. The third kappa shape index (κ3) is 3.44. The van der Waals surface area contributed by atoms with Crippen LogP contribution in [0.5, 0.6) is 5.75 Å². The van der Waals surface area contributed by atoms with Gasteiger partial charge in [0.15, 0.2) is 5.43 Å². The second-order valence-electron chi connectivity index (χ2n) is 7.64. The summed E-state index contributed by atoms with van der Waals surface area (Å²) in [6.07, 6.45) is 0. The molecular formula is C26H21NO5. The van der Waals surface area contributed by atoms with Crippen molar-refractivity contribution in [3.05, 3.63) is 112 Å². The summed E-state index contributed by atoms with van der Waals surface area (Å²) >= 11 is 0. The molecule has 1 atom stereocenters. The van der Waals surface area contributed by atoms with Crippen LogP contribution >= 0.6 is 0 Å². The summed E-state index contributed by atoms with van der Waals surface area (Å²) in [7, 11) is 0. The second-order valence-corrected chi connectivity index (χ2v) is 7.64. The molecule has 5 rings (SSSR count). The highest BCUT2D eigenvalue weighted by Gasteiger charge is 2.42. The first-order valence-corrected chi connectivity index (χ1v) is 10.4. The number of nitrogens with zero attached hydrogens (tertiary/aromatic N) is 1. The van der Waals surface area contributed by atoms with E-state index in [2.05, 4.69) is 0 Å². The molecule has 32 heavy (non-hydrogen) atoms. The lowest BCUT2D eigenvalue weighted by molar-refractivity contribution is 0.0691. The van der Waals surface area contributed by atoms with Crippen LogP contribution in [0.15, 0.2) is 88.1 Å². The number of β-amino-alcohol motifs (C(OH)–C–C–N with tert-alkyl or cyclic N) is 1. The van der Waals surface area contributed by atoms with E-state index in [0.29, 0.717) is 28.9 Å². The first-order valence-electron chi connectivity index (χ1n) is 10.4. The van der Waals surface area contributed by atoms with Crippen molar-refractivity contribution in [3.63, 3.8) is 0 Å². The highest BCUT2D eigenvalue weighted by molar-refractivity contribution is 5.99. The number of amides is 1. The summed E-state index contributed by atoms with van der Waals surface area (Å²) in [6.45, 7) is 0.254. The van der Waals surface area contributed by atoms with Gasteiger partial charge in [-0.2, -0.15) is 0 Å². The van der Waals surface area contributed by atoms with Gasteiger partial charge in [-0.05, 0) is 35.4 Å². The molecule has 2 heterocycles. The van der Waals surface area contributed by atoms with Crippen LogP contribution in [-0.2, 0) is 6.61 Å². The van der Waals surface area contributed by atoms with Gasteiger partial charge in [-0.1, -0.05) is 54.6 Å². The fraction of sp³-hybridized carbons (Fsp3) is 0.154. The van der Waals surface area contributed by atoms with E-state index in [1.807, 2.05) is 54.6 Å². The van der Waals surface area contributed by atoms with Crippen LogP contribution in [0, 0.1) is 0 Å². The monoisotopic (exact) mass is 427 g/mol. The van der Waals surface area contributed by atoms with Crippen molar-refractivity contribution >= 4 is 16.9 Å². The minimum atomic E-state index is -0.661. The summed E-state index contributed by atoms with van der Waals surface area (Å²) in [5.41, 5.74) is 2.18. The van der Waals surface area contributed by atoms with Gasteiger partial charge in [-0.25, -0.2) is 0 Å². The molecule has 3 aromatic carbocycles. The summed E-state index contributed by atoms with van der Waals surface area (Å²) in [5, 5.41) is 10.0. The van der Waals surface area contributed by atoms with E-state index in [9.17, 15) is 14.7 Å². The number of hydrogen-bond donors (Lipinski definition) is 1. The smallest absolute Gasteiger partial charge is 0.290 e. The van der Waals surface area contributed by atoms with Gasteiger partial charge in [0.05, 0.1) is 23.6 Å². The highest BCUT2D eigenvalue weighted by atomic mass is 16.5. The molecule has 0 fully saturated rings. The maximum atomic E-state index is 13.4. The molecule has 1 N–H and O–H groups in total. The Morgan fingerprint density at radius 1 is 0.938 bits per heavy atom. The largest absolute Gasteiger partial charge is 0.489 e. The maximum absolute atomic E-state index is 13.4. The van der Waals surface area contributed by atoms with Crippen molar-refractivity contribution in [1.29, 1.82) is 0 Å². The van der Waals surface area contributed by atoms with E-state index < -0.39 is 11.9 Å². The Bertz CT molecular complexity index is 1350. The topological polar surface area (TPSA) is 80.0 Å². The van der Waals surface area contributed by atoms with Gasteiger partial charge in [0.1, 0.15) is 17.9 Å². The van der Waals surface area contributed by atoms with Crippen molar-refractivity contribution < 1.29 is 19.1 Å². The number of fused-ring (bicyclic) bond motifs is 2. The molecule has 4 aromatic rings. The van der Waals surface area contributed by atoms with Crippen LogP contribution < -0.4 is 10.2 Å². The molecule has 160 valence electrons. The molecule has 0 unspecified atom stereocenters. The summed E-state index contributed by atoms with van der Waals surface area (Å²) in [4.78, 5) is 28.0. The number of carbonyl (C=O) groups is 1. The number of aliphatic hydroxyl groups excluding tert-OH is 1. The Hall–Kier alpha value is -3.90. The average molecular weight is 427 g/mol. The molecule has 0 bridgehead atoms. The van der Waals surface area contributed by atoms with Crippen LogP contribution in [0.25, 0.3) is 11.0 Å². The van der Waals surface area contributed by atoms with E-state index in [1.54, 1.807) is 24.3 Å². The third-order valence-corrected chi connectivity index (χ3v) is 5.64. The van der Waals surface area contributed by atoms with Crippen LogP contribution in [0.1, 0.15) is 33.3 Å². The quantitative estimate of drug-likeness (QED) is 0.505. The number of ether oxygens (including phenoxy) is 1. The van der Waals surface area contributed by atoms with Gasteiger partial charge in [0.25, 0.3) is 5.91 Å². The SMILES string of the molecule is O=C1c2oc3ccccc3c(=O)c2[C@H](c2cccc(OCc3ccccc3)c2)N1CCO. The first kappa shape index (κ1) is 20.0. The van der Waals surface area contributed by atoms with Crippen molar-refractivity contribution in [2.45, 2.75) is 12.6 Å². The number of para-hydroxylation sites is 1. The number of carbonyl (C=O) groups excluding carboxylic acids is 1. The molecule has 0 radical (unpaired) electrons. The summed E-state index contributed by atoms with van der Waals surface area (Å²) < 4.78 is 11.8. The van der Waals surface area contributed by atoms with Crippen LogP contribution in [0.4, 0.5) is 0 Å². The van der Waals surface area contributed by atoms with E-state index in [-0.39, 0.29) is 24.3 Å². The number of rotatable bonds is 6. The Morgan fingerprint density at radius 2 is 1.72 bits per heavy atom. The minimum Gasteiger partial charge on any atom is -0.489 e. The highest BCUT2D eigenvalue weighted by Crippen LogP contribution is 2.38. The maximum Gasteiger partial charge on any atom is 0.290 e. The minimum absolute atomic E-state index is 0.0303. The molecular weight excluding hydrogens is 406 g/mol. The van der Waals surface area contributed by atoms with Crippen LogP contribution in [0.2, 0.25) is 0 Å². The fourth-order valence-electron chi connectivity index (χ4n) is 4.17. The molecule has 0 aliphatic carbocycles. The lowest BCUT2D eigenvalue weighted by Gasteiger charge is -2.24. The number of benzene rings is 3. The van der Waals surface area contributed by atoms with Gasteiger partial charge in [-0.3, -0.25) is 9.59 Å². The van der Waals surface area contributed by atoms with Gasteiger partial charge >= 0.3 is 0 Å². The zero-order chi connectivity index (χ0) is 22.1. The number of hydrogen-bond acceptors (Lipinski definition) is 5. The van der Waals surface area contributed by atoms with Crippen LogP contribution in [0.3, 0.4) is 0 Å². The van der Waals surface area contributed by atoms with E-state index in [1.165, 1.54) is 4.90 Å². The first-order chi connectivity index (χ1) is 15.7. The molecule has 0 saturated carbocycles. The Kier molecular flexibility index (Phi) is 5.21. The molecule has 1 aliphatic rings. The van der Waals surface area contributed by atoms with Gasteiger partial charge in [-0.15, -0.1) is 0 Å². The Morgan fingerprint density at radius 3 is 2.53 bits per heavy atom. The summed E-state index contributed by atoms with van der Waals surface area (Å²) in [6, 6.07) is 23.4. The van der Waals surface area contributed by atoms with Crippen LogP contribution in [-0.4, -0.2) is 29.1 Å². The fourth-order valence-corrected chi connectivity index (χ4v) is 4.17. The predicted molar refractivity (Wildman–Crippen MR) is 120 cm³/mol. The van der Waals surface area contributed by atoms with E-state index >= 15 is 0 Å². The standard InChI is InChI=1S/C26H21NO5/c28-14-13-27-23(18-9-6-10-19(15-18)31-16-17-7-2-1-3-8-17)22-24(29)20-11-4-5-12-21(20)32-25(22)26(27)30/h1-12,15,23,28H,13-14,16H2/t23-/m0/s1.